The van der Waals surface area contributed by atoms with Crippen LogP contribution in [0.1, 0.15) is 63.5 Å². The normalized spacial score (nSPS) is 26.3. The maximum Gasteiger partial charge on any atom is 0.226 e. The number of carbonyl (C=O) groups is 1. The lowest BCUT2D eigenvalue weighted by Crippen LogP contribution is -2.44. The van der Waals surface area contributed by atoms with Gasteiger partial charge in [0.15, 0.2) is 0 Å². The zero-order valence-corrected chi connectivity index (χ0v) is 14.3. The van der Waals surface area contributed by atoms with Gasteiger partial charge in [0.25, 0.3) is 0 Å². The Labute approximate surface area is 140 Å². The Bertz CT molecular complexity index is 512. The second kappa shape index (κ2) is 7.48. The maximum atomic E-state index is 13.2. The molecule has 2 aliphatic rings. The third-order valence-electron chi connectivity index (χ3n) is 5.78. The molecule has 0 aromatic heterocycles. The molecule has 3 nitrogen and oxygen atoms in total. The number of carbonyl (C=O) groups excluding carboxylic acids is 1. The van der Waals surface area contributed by atoms with Gasteiger partial charge in [-0.25, -0.2) is 0 Å². The Balaban J connectivity index is 1.75. The fourth-order valence-corrected chi connectivity index (χ4v) is 3.99. The number of hydrogen-bond donors (Lipinski definition) is 1. The van der Waals surface area contributed by atoms with E-state index in [4.69, 9.17) is 5.73 Å². The molecule has 23 heavy (non-hydrogen) atoms. The molecular weight excluding hydrogens is 284 g/mol. The second-order valence-corrected chi connectivity index (χ2v) is 7.50. The third kappa shape index (κ3) is 3.95. The first-order valence-corrected chi connectivity index (χ1v) is 9.26. The van der Waals surface area contributed by atoms with E-state index in [1.54, 1.807) is 0 Å². The van der Waals surface area contributed by atoms with Gasteiger partial charge in [-0.3, -0.25) is 4.79 Å². The Morgan fingerprint density at radius 3 is 2.48 bits per heavy atom. The monoisotopic (exact) mass is 314 g/mol. The second-order valence-electron chi connectivity index (χ2n) is 7.50. The predicted octanol–water partition coefficient (Wildman–Crippen LogP) is 3.89. The zero-order valence-electron chi connectivity index (χ0n) is 14.3. The Hall–Kier alpha value is -1.35. The van der Waals surface area contributed by atoms with Gasteiger partial charge in [-0.05, 0) is 50.5 Å². The van der Waals surface area contributed by atoms with Crippen LogP contribution in [0, 0.1) is 11.8 Å². The number of rotatable bonds is 5. The van der Waals surface area contributed by atoms with Gasteiger partial charge in [0.2, 0.25) is 5.91 Å². The minimum Gasteiger partial charge on any atom is -0.335 e. The molecule has 0 aliphatic heterocycles. The first kappa shape index (κ1) is 16.5. The van der Waals surface area contributed by atoms with E-state index in [1.165, 1.54) is 24.8 Å². The molecular formula is C20H30N2O. The highest BCUT2D eigenvalue weighted by Gasteiger charge is 2.33. The smallest absolute Gasteiger partial charge is 0.226 e. The molecule has 0 bridgehead atoms. The summed E-state index contributed by atoms with van der Waals surface area (Å²) >= 11 is 0. The third-order valence-corrected chi connectivity index (χ3v) is 5.78. The Kier molecular flexibility index (Phi) is 5.37. The highest BCUT2D eigenvalue weighted by Crippen LogP contribution is 2.33. The lowest BCUT2D eigenvalue weighted by atomic mass is 9.82. The van der Waals surface area contributed by atoms with E-state index < -0.39 is 0 Å². The van der Waals surface area contributed by atoms with Crippen LogP contribution < -0.4 is 5.73 Å². The van der Waals surface area contributed by atoms with Crippen LogP contribution >= 0.6 is 0 Å². The fourth-order valence-electron chi connectivity index (χ4n) is 3.99. The fraction of sp³-hybridized carbons (Fsp3) is 0.650. The van der Waals surface area contributed by atoms with Crippen molar-refractivity contribution in [3.8, 4) is 0 Å². The molecule has 0 radical (unpaired) electrons. The van der Waals surface area contributed by atoms with Gasteiger partial charge in [0, 0.05) is 18.5 Å². The van der Waals surface area contributed by atoms with Crippen LogP contribution in [0.2, 0.25) is 0 Å². The van der Waals surface area contributed by atoms with Crippen LogP contribution in [-0.2, 0) is 4.79 Å². The highest BCUT2D eigenvalue weighted by molar-refractivity contribution is 5.79. The number of amides is 1. The van der Waals surface area contributed by atoms with Crippen molar-refractivity contribution in [2.45, 2.75) is 64.0 Å². The molecule has 2 aliphatic carbocycles. The topological polar surface area (TPSA) is 46.3 Å². The summed E-state index contributed by atoms with van der Waals surface area (Å²) in [6, 6.07) is 10.8. The van der Waals surface area contributed by atoms with Crippen molar-refractivity contribution < 1.29 is 4.79 Å². The van der Waals surface area contributed by atoms with Crippen molar-refractivity contribution in [2.24, 2.45) is 17.6 Å². The largest absolute Gasteiger partial charge is 0.335 e. The first-order chi connectivity index (χ1) is 11.1. The van der Waals surface area contributed by atoms with Crippen molar-refractivity contribution in [3.05, 3.63) is 35.9 Å². The lowest BCUT2D eigenvalue weighted by molar-refractivity contribution is -0.140. The van der Waals surface area contributed by atoms with Crippen molar-refractivity contribution in [3.63, 3.8) is 0 Å². The standard InChI is InChI=1S/C20H30N2O/c1-15(17-9-3-2-4-10-17)22(14-16-7-5-8-16)20(23)18-11-6-12-19(21)13-18/h2-4,9-10,15-16,18-19H,5-8,11-14,21H2,1H3. The molecule has 2 saturated carbocycles. The van der Waals surface area contributed by atoms with Gasteiger partial charge < -0.3 is 10.6 Å². The van der Waals surface area contributed by atoms with Crippen molar-refractivity contribution in [1.29, 1.82) is 0 Å². The van der Waals surface area contributed by atoms with E-state index in [-0.39, 0.29) is 18.0 Å². The summed E-state index contributed by atoms with van der Waals surface area (Å²) in [6.07, 6.45) is 7.90. The van der Waals surface area contributed by atoms with Gasteiger partial charge >= 0.3 is 0 Å². The highest BCUT2D eigenvalue weighted by atomic mass is 16.2. The van der Waals surface area contributed by atoms with E-state index >= 15 is 0 Å². The van der Waals surface area contributed by atoms with Crippen molar-refractivity contribution in [2.75, 3.05) is 6.54 Å². The average molecular weight is 314 g/mol. The number of nitrogens with two attached hydrogens (primary N) is 1. The van der Waals surface area contributed by atoms with Gasteiger partial charge in [0.1, 0.15) is 0 Å². The van der Waals surface area contributed by atoms with E-state index in [0.717, 1.165) is 32.2 Å². The lowest BCUT2D eigenvalue weighted by Gasteiger charge is -2.39. The molecule has 1 aromatic carbocycles. The average Bonchev–Trinajstić information content (AvgIpc) is 2.54. The summed E-state index contributed by atoms with van der Waals surface area (Å²) in [5, 5.41) is 0. The molecule has 0 spiro atoms. The quantitative estimate of drug-likeness (QED) is 0.896. The SMILES string of the molecule is CC(c1ccccc1)N(CC1CCC1)C(=O)C1CCCC(N)C1. The van der Waals surface area contributed by atoms with Crippen LogP contribution in [0.5, 0.6) is 0 Å². The van der Waals surface area contributed by atoms with Crippen LogP contribution in [0.25, 0.3) is 0 Å². The molecule has 0 heterocycles. The molecule has 3 atom stereocenters. The number of hydrogen-bond acceptors (Lipinski definition) is 2. The Morgan fingerprint density at radius 1 is 1.17 bits per heavy atom. The summed E-state index contributed by atoms with van der Waals surface area (Å²) in [5.41, 5.74) is 7.35. The van der Waals surface area contributed by atoms with E-state index in [2.05, 4.69) is 36.1 Å². The number of benzene rings is 1. The molecule has 2 N–H and O–H groups in total. The summed E-state index contributed by atoms with van der Waals surface area (Å²) in [4.78, 5) is 15.4. The van der Waals surface area contributed by atoms with Gasteiger partial charge in [0.05, 0.1) is 6.04 Å². The van der Waals surface area contributed by atoms with Crippen LogP contribution in [-0.4, -0.2) is 23.4 Å². The predicted molar refractivity (Wildman–Crippen MR) is 93.8 cm³/mol. The van der Waals surface area contributed by atoms with Gasteiger partial charge in [-0.2, -0.15) is 0 Å². The molecule has 1 amide bonds. The summed E-state index contributed by atoms with van der Waals surface area (Å²) < 4.78 is 0. The first-order valence-electron chi connectivity index (χ1n) is 9.26. The van der Waals surface area contributed by atoms with E-state index in [1.807, 2.05) is 6.07 Å². The molecule has 3 unspecified atom stereocenters. The van der Waals surface area contributed by atoms with E-state index in [0.29, 0.717) is 11.8 Å². The molecule has 3 rings (SSSR count). The minimum absolute atomic E-state index is 0.130. The van der Waals surface area contributed by atoms with E-state index in [9.17, 15) is 4.79 Å². The zero-order chi connectivity index (χ0) is 16.2. The summed E-state index contributed by atoms with van der Waals surface area (Å²) in [5.74, 6) is 1.16. The maximum absolute atomic E-state index is 13.2. The van der Waals surface area contributed by atoms with Gasteiger partial charge in [-0.15, -0.1) is 0 Å². The van der Waals surface area contributed by atoms with Crippen molar-refractivity contribution in [1.82, 2.24) is 4.90 Å². The summed E-state index contributed by atoms with van der Waals surface area (Å²) in [7, 11) is 0. The van der Waals surface area contributed by atoms with Crippen LogP contribution in [0.4, 0.5) is 0 Å². The number of nitrogens with zero attached hydrogens (tertiary/aromatic N) is 1. The molecule has 126 valence electrons. The molecule has 3 heteroatoms. The van der Waals surface area contributed by atoms with Crippen LogP contribution in [0.15, 0.2) is 30.3 Å². The molecule has 0 saturated heterocycles. The van der Waals surface area contributed by atoms with Crippen molar-refractivity contribution >= 4 is 5.91 Å². The summed E-state index contributed by atoms with van der Waals surface area (Å²) in [6.45, 7) is 3.09. The minimum atomic E-state index is 0.130. The molecule has 1 aromatic rings. The van der Waals surface area contributed by atoms with Gasteiger partial charge in [-0.1, -0.05) is 43.2 Å². The van der Waals surface area contributed by atoms with Crippen LogP contribution in [0.3, 0.4) is 0 Å². The molecule has 2 fully saturated rings. The Morgan fingerprint density at radius 2 is 1.87 bits per heavy atom.